The van der Waals surface area contributed by atoms with Gasteiger partial charge in [0.2, 0.25) is 0 Å². The van der Waals surface area contributed by atoms with Crippen molar-refractivity contribution in [3.63, 3.8) is 0 Å². The van der Waals surface area contributed by atoms with Crippen molar-refractivity contribution in [2.45, 2.75) is 40.5 Å². The number of rotatable bonds is 3. The van der Waals surface area contributed by atoms with Crippen molar-refractivity contribution in [2.75, 3.05) is 0 Å². The summed E-state index contributed by atoms with van der Waals surface area (Å²) in [5, 5.41) is 0. The van der Waals surface area contributed by atoms with E-state index in [1.54, 1.807) is 0 Å². The molecule has 3 nitrogen and oxygen atoms in total. The summed E-state index contributed by atoms with van der Waals surface area (Å²) in [7, 11) is 0. The summed E-state index contributed by atoms with van der Waals surface area (Å²) in [4.78, 5) is 13.6. The minimum Gasteiger partial charge on any atom is -0.250 e. The van der Waals surface area contributed by atoms with Crippen LogP contribution in [0.15, 0.2) is 18.2 Å². The van der Waals surface area contributed by atoms with Crippen molar-refractivity contribution in [2.24, 2.45) is 0 Å². The molecule has 18 heavy (non-hydrogen) atoms. The standard InChI is InChI=1S/C15H19N3/c1-5-6-13-9-12(4)17-15(18-13)14-8-10(2)7-11(3)16-14/h7-9H,5-6H2,1-4H3. The molecule has 0 saturated carbocycles. The molecule has 3 heteroatoms. The highest BCUT2D eigenvalue weighted by molar-refractivity contribution is 5.51. The lowest BCUT2D eigenvalue weighted by atomic mass is 10.2. The lowest BCUT2D eigenvalue weighted by Gasteiger charge is -2.06. The Bertz CT molecular complexity index is 541. The number of hydrogen-bond acceptors (Lipinski definition) is 3. The van der Waals surface area contributed by atoms with Gasteiger partial charge in [0.05, 0.1) is 0 Å². The van der Waals surface area contributed by atoms with Gasteiger partial charge >= 0.3 is 0 Å². The fraction of sp³-hybridized carbons (Fsp3) is 0.400. The van der Waals surface area contributed by atoms with Crippen LogP contribution in [-0.4, -0.2) is 15.0 Å². The Morgan fingerprint density at radius 1 is 0.889 bits per heavy atom. The molecular weight excluding hydrogens is 222 g/mol. The molecule has 0 aromatic carbocycles. The van der Waals surface area contributed by atoms with Crippen LogP contribution in [0.1, 0.15) is 36.0 Å². The molecular formula is C15H19N3. The minimum atomic E-state index is 0.741. The summed E-state index contributed by atoms with van der Waals surface area (Å²) in [5.41, 5.74) is 5.17. The summed E-state index contributed by atoms with van der Waals surface area (Å²) >= 11 is 0. The van der Waals surface area contributed by atoms with Crippen LogP contribution in [0, 0.1) is 20.8 Å². The summed E-state index contributed by atoms with van der Waals surface area (Å²) in [5.74, 6) is 0.741. The van der Waals surface area contributed by atoms with Crippen LogP contribution < -0.4 is 0 Å². The first-order valence-corrected chi connectivity index (χ1v) is 6.38. The molecule has 0 fully saturated rings. The summed E-state index contributed by atoms with van der Waals surface area (Å²) < 4.78 is 0. The third kappa shape index (κ3) is 2.92. The molecule has 0 unspecified atom stereocenters. The van der Waals surface area contributed by atoms with Crippen molar-refractivity contribution in [1.82, 2.24) is 15.0 Å². The van der Waals surface area contributed by atoms with Gasteiger partial charge in [0.25, 0.3) is 0 Å². The topological polar surface area (TPSA) is 38.7 Å². The molecule has 0 aliphatic heterocycles. The van der Waals surface area contributed by atoms with Crippen molar-refractivity contribution in [3.05, 3.63) is 40.8 Å². The average Bonchev–Trinajstić information content (AvgIpc) is 2.27. The highest BCUT2D eigenvalue weighted by Gasteiger charge is 2.07. The third-order valence-corrected chi connectivity index (χ3v) is 2.74. The van der Waals surface area contributed by atoms with E-state index in [-0.39, 0.29) is 0 Å². The third-order valence-electron chi connectivity index (χ3n) is 2.74. The summed E-state index contributed by atoms with van der Waals surface area (Å²) in [6.07, 6.45) is 2.08. The number of nitrogens with zero attached hydrogens (tertiary/aromatic N) is 3. The molecule has 2 rings (SSSR count). The molecule has 0 saturated heterocycles. The first-order valence-electron chi connectivity index (χ1n) is 6.38. The van der Waals surface area contributed by atoms with Gasteiger partial charge in [-0.3, -0.25) is 0 Å². The molecule has 0 atom stereocenters. The van der Waals surface area contributed by atoms with Crippen molar-refractivity contribution >= 4 is 0 Å². The van der Waals surface area contributed by atoms with Gasteiger partial charge in [0.1, 0.15) is 5.69 Å². The van der Waals surface area contributed by atoms with E-state index < -0.39 is 0 Å². The van der Waals surface area contributed by atoms with E-state index in [2.05, 4.69) is 40.9 Å². The van der Waals surface area contributed by atoms with Crippen LogP contribution >= 0.6 is 0 Å². The van der Waals surface area contributed by atoms with Gasteiger partial charge in [-0.1, -0.05) is 13.3 Å². The van der Waals surface area contributed by atoms with Crippen LogP contribution in [0.4, 0.5) is 0 Å². The van der Waals surface area contributed by atoms with Gasteiger partial charge in [-0.25, -0.2) is 15.0 Å². The first-order chi connectivity index (χ1) is 8.58. The van der Waals surface area contributed by atoms with E-state index in [0.717, 1.165) is 41.4 Å². The van der Waals surface area contributed by atoms with E-state index in [1.807, 2.05) is 19.9 Å². The Kier molecular flexibility index (Phi) is 3.70. The Morgan fingerprint density at radius 2 is 1.61 bits per heavy atom. The molecule has 2 heterocycles. The molecule has 0 amide bonds. The van der Waals surface area contributed by atoms with Crippen LogP contribution in [-0.2, 0) is 6.42 Å². The molecule has 0 spiro atoms. The molecule has 2 aromatic heterocycles. The normalized spacial score (nSPS) is 10.7. The van der Waals surface area contributed by atoms with Gasteiger partial charge in [-0.15, -0.1) is 0 Å². The smallest absolute Gasteiger partial charge is 0.178 e. The number of aryl methyl sites for hydroxylation is 4. The molecule has 0 bridgehead atoms. The zero-order valence-corrected chi connectivity index (χ0v) is 11.5. The van der Waals surface area contributed by atoms with E-state index in [9.17, 15) is 0 Å². The maximum atomic E-state index is 4.60. The van der Waals surface area contributed by atoms with Gasteiger partial charge in [0.15, 0.2) is 5.82 Å². The van der Waals surface area contributed by atoms with Crippen LogP contribution in [0.2, 0.25) is 0 Å². The number of pyridine rings is 1. The van der Waals surface area contributed by atoms with Gasteiger partial charge in [-0.2, -0.15) is 0 Å². The SMILES string of the molecule is CCCc1cc(C)nc(-c2cc(C)cc(C)n2)n1. The lowest BCUT2D eigenvalue weighted by Crippen LogP contribution is -2.00. The largest absolute Gasteiger partial charge is 0.250 e. The molecule has 0 N–H and O–H groups in total. The second-order valence-electron chi connectivity index (χ2n) is 4.75. The van der Waals surface area contributed by atoms with Crippen LogP contribution in [0.5, 0.6) is 0 Å². The molecule has 0 aliphatic carbocycles. The van der Waals surface area contributed by atoms with Gasteiger partial charge in [-0.05, 0) is 51.0 Å². The van der Waals surface area contributed by atoms with Gasteiger partial charge < -0.3 is 0 Å². The number of aromatic nitrogens is 3. The van der Waals surface area contributed by atoms with E-state index in [1.165, 1.54) is 5.56 Å². The Hall–Kier alpha value is -1.77. The predicted molar refractivity (Wildman–Crippen MR) is 73.5 cm³/mol. The zero-order valence-electron chi connectivity index (χ0n) is 11.5. The van der Waals surface area contributed by atoms with Crippen molar-refractivity contribution < 1.29 is 0 Å². The van der Waals surface area contributed by atoms with E-state index in [0.29, 0.717) is 0 Å². The van der Waals surface area contributed by atoms with E-state index in [4.69, 9.17) is 0 Å². The van der Waals surface area contributed by atoms with Gasteiger partial charge in [0, 0.05) is 17.1 Å². The monoisotopic (exact) mass is 241 g/mol. The maximum Gasteiger partial charge on any atom is 0.178 e. The predicted octanol–water partition coefficient (Wildman–Crippen LogP) is 3.42. The maximum absolute atomic E-state index is 4.60. The summed E-state index contributed by atoms with van der Waals surface area (Å²) in [6, 6.07) is 6.15. The van der Waals surface area contributed by atoms with Crippen molar-refractivity contribution in [3.8, 4) is 11.5 Å². The molecule has 94 valence electrons. The Balaban J connectivity index is 2.49. The van der Waals surface area contributed by atoms with Crippen molar-refractivity contribution in [1.29, 1.82) is 0 Å². The molecule has 2 aromatic rings. The molecule has 0 aliphatic rings. The fourth-order valence-electron chi connectivity index (χ4n) is 2.09. The second-order valence-corrected chi connectivity index (χ2v) is 4.75. The highest BCUT2D eigenvalue weighted by Crippen LogP contribution is 2.16. The van der Waals surface area contributed by atoms with Crippen LogP contribution in [0.3, 0.4) is 0 Å². The summed E-state index contributed by atoms with van der Waals surface area (Å²) in [6.45, 7) is 8.24. The molecule has 0 radical (unpaired) electrons. The first kappa shape index (κ1) is 12.7. The van der Waals surface area contributed by atoms with E-state index >= 15 is 0 Å². The average molecular weight is 241 g/mol. The Labute approximate surface area is 108 Å². The lowest BCUT2D eigenvalue weighted by molar-refractivity contribution is 0.867. The quantitative estimate of drug-likeness (QED) is 0.826. The Morgan fingerprint density at radius 3 is 2.28 bits per heavy atom. The number of hydrogen-bond donors (Lipinski definition) is 0. The second kappa shape index (κ2) is 5.25. The minimum absolute atomic E-state index is 0.741. The van der Waals surface area contributed by atoms with Crippen LogP contribution in [0.25, 0.3) is 11.5 Å². The fourth-order valence-corrected chi connectivity index (χ4v) is 2.09. The highest BCUT2D eigenvalue weighted by atomic mass is 14.9. The zero-order chi connectivity index (χ0) is 13.1.